The standard InChI is InChI=1S/C14H9FIN3/c15-10-2-4-12(18-7-10)8-1-3-11-9(5-8)6-19-14(17)13(11)16/h1-7H,(H2,17,19). The molecule has 0 unspecified atom stereocenters. The van der Waals surface area contributed by atoms with E-state index in [1.807, 2.05) is 18.2 Å². The largest absolute Gasteiger partial charge is 0.383 e. The normalized spacial score (nSPS) is 10.8. The number of pyridine rings is 2. The van der Waals surface area contributed by atoms with E-state index in [1.54, 1.807) is 12.3 Å². The molecule has 0 spiro atoms. The number of hydrogen-bond acceptors (Lipinski definition) is 3. The van der Waals surface area contributed by atoms with Crippen molar-refractivity contribution < 1.29 is 4.39 Å². The van der Waals surface area contributed by atoms with Crippen molar-refractivity contribution in [2.75, 3.05) is 5.73 Å². The summed E-state index contributed by atoms with van der Waals surface area (Å²) in [6, 6.07) is 8.97. The second-order valence-electron chi connectivity index (χ2n) is 4.12. The van der Waals surface area contributed by atoms with Gasteiger partial charge in [0.1, 0.15) is 11.6 Å². The molecule has 3 nitrogen and oxygen atoms in total. The molecule has 2 heterocycles. The third-order valence-corrected chi connectivity index (χ3v) is 4.01. The second kappa shape index (κ2) is 4.73. The summed E-state index contributed by atoms with van der Waals surface area (Å²) < 4.78 is 13.8. The molecule has 0 saturated heterocycles. The van der Waals surface area contributed by atoms with Crippen molar-refractivity contribution in [3.05, 3.63) is 52.1 Å². The van der Waals surface area contributed by atoms with E-state index in [9.17, 15) is 4.39 Å². The SMILES string of the molecule is Nc1ncc2cc(-c3ccc(F)cn3)ccc2c1I. The number of benzene rings is 1. The molecule has 0 radical (unpaired) electrons. The van der Waals surface area contributed by atoms with Crippen LogP contribution in [0.25, 0.3) is 22.0 Å². The number of halogens is 2. The van der Waals surface area contributed by atoms with Gasteiger partial charge >= 0.3 is 0 Å². The zero-order valence-corrected chi connectivity index (χ0v) is 11.9. The highest BCUT2D eigenvalue weighted by Gasteiger charge is 2.06. The summed E-state index contributed by atoms with van der Waals surface area (Å²) in [4.78, 5) is 8.22. The first-order valence-electron chi connectivity index (χ1n) is 5.61. The lowest BCUT2D eigenvalue weighted by Gasteiger charge is -2.06. The van der Waals surface area contributed by atoms with Crippen LogP contribution in [0.4, 0.5) is 10.2 Å². The minimum atomic E-state index is -0.339. The van der Waals surface area contributed by atoms with Gasteiger partial charge in [-0.05, 0) is 40.8 Å². The molecule has 0 aliphatic carbocycles. The number of anilines is 1. The maximum absolute atomic E-state index is 12.9. The zero-order chi connectivity index (χ0) is 13.4. The lowest BCUT2D eigenvalue weighted by Crippen LogP contribution is -1.94. The Morgan fingerprint density at radius 2 is 1.89 bits per heavy atom. The van der Waals surface area contributed by atoms with Crippen LogP contribution in [0.15, 0.2) is 42.7 Å². The molecule has 19 heavy (non-hydrogen) atoms. The average Bonchev–Trinajstić information content (AvgIpc) is 2.43. The summed E-state index contributed by atoms with van der Waals surface area (Å²) in [5, 5.41) is 2.04. The highest BCUT2D eigenvalue weighted by molar-refractivity contribution is 14.1. The third kappa shape index (κ3) is 2.25. The van der Waals surface area contributed by atoms with Crippen molar-refractivity contribution in [3.8, 4) is 11.3 Å². The first-order valence-corrected chi connectivity index (χ1v) is 6.69. The molecule has 0 saturated carbocycles. The lowest BCUT2D eigenvalue weighted by molar-refractivity contribution is 0.622. The van der Waals surface area contributed by atoms with E-state index in [0.29, 0.717) is 5.82 Å². The van der Waals surface area contributed by atoms with E-state index < -0.39 is 0 Å². The topological polar surface area (TPSA) is 51.8 Å². The van der Waals surface area contributed by atoms with Crippen molar-refractivity contribution in [3.63, 3.8) is 0 Å². The first kappa shape index (κ1) is 12.3. The molecule has 0 fully saturated rings. The van der Waals surface area contributed by atoms with Crippen LogP contribution < -0.4 is 5.73 Å². The maximum atomic E-state index is 12.9. The van der Waals surface area contributed by atoms with Gasteiger partial charge in [-0.3, -0.25) is 4.98 Å². The zero-order valence-electron chi connectivity index (χ0n) is 9.77. The molecule has 3 aromatic rings. The first-order chi connectivity index (χ1) is 9.15. The van der Waals surface area contributed by atoms with E-state index in [-0.39, 0.29) is 5.82 Å². The van der Waals surface area contributed by atoms with Gasteiger partial charge in [0.15, 0.2) is 0 Å². The Balaban J connectivity index is 2.17. The van der Waals surface area contributed by atoms with E-state index in [4.69, 9.17) is 5.73 Å². The van der Waals surface area contributed by atoms with Crippen molar-refractivity contribution in [1.82, 2.24) is 9.97 Å². The molecule has 94 valence electrons. The molecule has 0 bridgehead atoms. The Morgan fingerprint density at radius 3 is 2.63 bits per heavy atom. The van der Waals surface area contributed by atoms with Crippen molar-refractivity contribution in [2.45, 2.75) is 0 Å². The van der Waals surface area contributed by atoms with Gasteiger partial charge in [0, 0.05) is 22.5 Å². The molecule has 2 N–H and O–H groups in total. The molecule has 1 aromatic carbocycles. The van der Waals surface area contributed by atoms with Crippen LogP contribution in [-0.2, 0) is 0 Å². The highest BCUT2D eigenvalue weighted by atomic mass is 127. The number of fused-ring (bicyclic) bond motifs is 1. The number of hydrogen-bond donors (Lipinski definition) is 1. The Bertz CT molecular complexity index is 756. The number of nitrogen functional groups attached to an aromatic ring is 1. The fourth-order valence-corrected chi connectivity index (χ4v) is 2.54. The number of nitrogens with two attached hydrogens (primary N) is 1. The molecule has 0 aliphatic heterocycles. The van der Waals surface area contributed by atoms with E-state index in [2.05, 4.69) is 32.6 Å². The van der Waals surface area contributed by atoms with Crippen LogP contribution in [0.1, 0.15) is 0 Å². The fraction of sp³-hybridized carbons (Fsp3) is 0. The van der Waals surface area contributed by atoms with Crippen LogP contribution in [0.3, 0.4) is 0 Å². The Hall–Kier alpha value is -1.76. The summed E-state index contributed by atoms with van der Waals surface area (Å²) in [5.74, 6) is 0.189. The van der Waals surface area contributed by atoms with Crippen LogP contribution in [0, 0.1) is 9.39 Å². The number of rotatable bonds is 1. The minimum Gasteiger partial charge on any atom is -0.383 e. The minimum absolute atomic E-state index is 0.339. The van der Waals surface area contributed by atoms with Gasteiger partial charge in [0.25, 0.3) is 0 Å². The molecule has 0 aliphatic rings. The smallest absolute Gasteiger partial charge is 0.141 e. The second-order valence-corrected chi connectivity index (χ2v) is 5.20. The van der Waals surface area contributed by atoms with Crippen LogP contribution in [0.5, 0.6) is 0 Å². The molecule has 2 aromatic heterocycles. The van der Waals surface area contributed by atoms with Crippen LogP contribution >= 0.6 is 22.6 Å². The maximum Gasteiger partial charge on any atom is 0.141 e. The summed E-state index contributed by atoms with van der Waals surface area (Å²) in [7, 11) is 0. The summed E-state index contributed by atoms with van der Waals surface area (Å²) in [6.07, 6.45) is 2.95. The van der Waals surface area contributed by atoms with Gasteiger partial charge in [-0.25, -0.2) is 9.37 Å². The van der Waals surface area contributed by atoms with Gasteiger partial charge in [-0.2, -0.15) is 0 Å². The Morgan fingerprint density at radius 1 is 1.05 bits per heavy atom. The van der Waals surface area contributed by atoms with Gasteiger partial charge < -0.3 is 5.73 Å². The average molecular weight is 365 g/mol. The summed E-state index contributed by atoms with van der Waals surface area (Å²) >= 11 is 2.18. The van der Waals surface area contributed by atoms with Gasteiger partial charge in [0.2, 0.25) is 0 Å². The highest BCUT2D eigenvalue weighted by Crippen LogP contribution is 2.27. The molecule has 0 amide bonds. The summed E-state index contributed by atoms with van der Waals surface area (Å²) in [5.41, 5.74) is 7.44. The molecule has 0 atom stereocenters. The molecule has 3 rings (SSSR count). The molecule has 5 heteroatoms. The third-order valence-electron chi connectivity index (χ3n) is 2.88. The van der Waals surface area contributed by atoms with Crippen LogP contribution in [0.2, 0.25) is 0 Å². The molecular formula is C14H9FIN3. The summed E-state index contributed by atoms with van der Waals surface area (Å²) in [6.45, 7) is 0. The van der Waals surface area contributed by atoms with Gasteiger partial charge in [-0.1, -0.05) is 12.1 Å². The van der Waals surface area contributed by atoms with E-state index in [1.165, 1.54) is 12.3 Å². The quantitative estimate of drug-likeness (QED) is 0.671. The van der Waals surface area contributed by atoms with Crippen molar-refractivity contribution in [2.24, 2.45) is 0 Å². The fourth-order valence-electron chi connectivity index (χ4n) is 1.91. The Labute approximate surface area is 122 Å². The lowest BCUT2D eigenvalue weighted by atomic mass is 10.1. The number of aromatic nitrogens is 2. The predicted molar refractivity (Wildman–Crippen MR) is 82.1 cm³/mol. The van der Waals surface area contributed by atoms with E-state index >= 15 is 0 Å². The predicted octanol–water partition coefficient (Wildman–Crippen LogP) is 3.62. The Kier molecular flexibility index (Phi) is 3.06. The molecular weight excluding hydrogens is 356 g/mol. The van der Waals surface area contributed by atoms with Gasteiger partial charge in [0.05, 0.1) is 15.5 Å². The van der Waals surface area contributed by atoms with Crippen molar-refractivity contribution >= 4 is 39.2 Å². The van der Waals surface area contributed by atoms with Crippen molar-refractivity contribution in [1.29, 1.82) is 0 Å². The van der Waals surface area contributed by atoms with Gasteiger partial charge in [-0.15, -0.1) is 0 Å². The monoisotopic (exact) mass is 365 g/mol. The van der Waals surface area contributed by atoms with Crippen LogP contribution in [-0.4, -0.2) is 9.97 Å². The van der Waals surface area contributed by atoms with E-state index in [0.717, 1.165) is 25.6 Å². The number of nitrogens with zero attached hydrogens (tertiary/aromatic N) is 2.